The van der Waals surface area contributed by atoms with E-state index in [2.05, 4.69) is 26.1 Å². The molecule has 0 saturated heterocycles. The summed E-state index contributed by atoms with van der Waals surface area (Å²) in [5.74, 6) is 0. The van der Waals surface area contributed by atoms with Gasteiger partial charge in [0.15, 0.2) is 0 Å². The fourth-order valence-electron chi connectivity index (χ4n) is 0.447. The van der Waals surface area contributed by atoms with E-state index in [1.165, 1.54) is 6.42 Å². The van der Waals surface area contributed by atoms with Gasteiger partial charge in [0.2, 0.25) is 0 Å². The van der Waals surface area contributed by atoms with E-state index in [9.17, 15) is 0 Å². The van der Waals surface area contributed by atoms with Crippen LogP contribution in [0, 0.1) is 5.41 Å². The van der Waals surface area contributed by atoms with Crippen LogP contribution in [0.4, 0.5) is 0 Å². The Morgan fingerprint density at radius 1 is 1.22 bits per heavy atom. The van der Waals surface area contributed by atoms with Gasteiger partial charge in [-0.1, -0.05) is 27.2 Å². The first kappa shape index (κ1) is 13.2. The van der Waals surface area contributed by atoms with Crippen LogP contribution < -0.4 is 51.4 Å². The molecule has 0 aliphatic rings. The third-order valence-electron chi connectivity index (χ3n) is 1.09. The average molecular weight is 153 g/mol. The van der Waals surface area contributed by atoms with Gasteiger partial charge in [-0.3, -0.25) is 0 Å². The predicted molar refractivity (Wildman–Crippen MR) is 38.2 cm³/mol. The SMILES string of the molecule is C[N-]CCC(C)(C)C.[K+]. The van der Waals surface area contributed by atoms with Crippen molar-refractivity contribution < 1.29 is 51.4 Å². The molecule has 0 aromatic heterocycles. The van der Waals surface area contributed by atoms with Gasteiger partial charge in [0.1, 0.15) is 0 Å². The minimum absolute atomic E-state index is 0. The molecule has 0 aromatic rings. The standard InChI is InChI=1S/C7H16N.K/c1-7(2,3)5-6-8-4;/h5-6H2,1-4H3;/q-1;+1. The van der Waals surface area contributed by atoms with Crippen molar-refractivity contribution in [2.24, 2.45) is 5.41 Å². The Morgan fingerprint density at radius 2 is 1.67 bits per heavy atom. The smallest absolute Gasteiger partial charge is 0.665 e. The summed E-state index contributed by atoms with van der Waals surface area (Å²) in [7, 11) is 1.87. The van der Waals surface area contributed by atoms with E-state index in [1.807, 2.05) is 7.05 Å². The molecule has 0 rings (SSSR count). The summed E-state index contributed by atoms with van der Waals surface area (Å²) in [6.45, 7) is 7.71. The third kappa shape index (κ3) is 12.7. The second-order valence-electron chi connectivity index (χ2n) is 3.35. The van der Waals surface area contributed by atoms with Crippen molar-refractivity contribution in [3.63, 3.8) is 0 Å². The van der Waals surface area contributed by atoms with Gasteiger partial charge in [0, 0.05) is 0 Å². The van der Waals surface area contributed by atoms with E-state index < -0.39 is 0 Å². The Morgan fingerprint density at radius 3 is 1.78 bits per heavy atom. The Kier molecular flexibility index (Phi) is 9.27. The van der Waals surface area contributed by atoms with Crippen molar-refractivity contribution in [1.29, 1.82) is 0 Å². The van der Waals surface area contributed by atoms with Crippen LogP contribution in [-0.4, -0.2) is 13.6 Å². The quantitative estimate of drug-likeness (QED) is 0.472. The average Bonchev–Trinajstić information content (AvgIpc) is 1.59. The summed E-state index contributed by atoms with van der Waals surface area (Å²) in [5.41, 5.74) is 0.458. The van der Waals surface area contributed by atoms with E-state index in [1.54, 1.807) is 0 Å². The van der Waals surface area contributed by atoms with Gasteiger partial charge in [0.05, 0.1) is 0 Å². The van der Waals surface area contributed by atoms with Crippen molar-refractivity contribution in [1.82, 2.24) is 0 Å². The van der Waals surface area contributed by atoms with Gasteiger partial charge in [-0.2, -0.15) is 7.05 Å². The maximum Gasteiger partial charge on any atom is 1.00 e. The van der Waals surface area contributed by atoms with Crippen LogP contribution in [0.25, 0.3) is 5.32 Å². The monoisotopic (exact) mass is 153 g/mol. The number of hydrogen-bond acceptors (Lipinski definition) is 0. The normalized spacial score (nSPS) is 10.7. The van der Waals surface area contributed by atoms with E-state index in [0.717, 1.165) is 6.54 Å². The Bertz CT molecular complexity index is 56.4. The molecule has 9 heavy (non-hydrogen) atoms. The topological polar surface area (TPSA) is 14.1 Å². The zero-order valence-corrected chi connectivity index (χ0v) is 10.5. The van der Waals surface area contributed by atoms with Gasteiger partial charge in [-0.25, -0.2) is 0 Å². The first-order valence-corrected chi connectivity index (χ1v) is 3.12. The summed E-state index contributed by atoms with van der Waals surface area (Å²) in [5, 5.41) is 4.02. The van der Waals surface area contributed by atoms with Crippen molar-refractivity contribution in [2.45, 2.75) is 27.2 Å². The molecule has 1 nitrogen and oxygen atoms in total. The minimum atomic E-state index is 0. The Balaban J connectivity index is 0. The molecule has 0 fully saturated rings. The van der Waals surface area contributed by atoms with E-state index in [-0.39, 0.29) is 51.4 Å². The summed E-state index contributed by atoms with van der Waals surface area (Å²) < 4.78 is 0. The summed E-state index contributed by atoms with van der Waals surface area (Å²) in [4.78, 5) is 0. The van der Waals surface area contributed by atoms with Crippen LogP contribution in [0.3, 0.4) is 0 Å². The molecule has 0 aliphatic heterocycles. The molecule has 0 saturated carbocycles. The van der Waals surface area contributed by atoms with Crippen LogP contribution in [0.2, 0.25) is 0 Å². The van der Waals surface area contributed by atoms with E-state index >= 15 is 0 Å². The second kappa shape index (κ2) is 6.32. The molecule has 0 bridgehead atoms. The molecule has 50 valence electrons. The molecule has 0 heterocycles. The number of hydrogen-bond donors (Lipinski definition) is 0. The summed E-state index contributed by atoms with van der Waals surface area (Å²) in [6.07, 6.45) is 1.20. The summed E-state index contributed by atoms with van der Waals surface area (Å²) in [6, 6.07) is 0. The molecule has 0 aromatic carbocycles. The fourth-order valence-corrected chi connectivity index (χ4v) is 0.447. The van der Waals surface area contributed by atoms with Crippen molar-refractivity contribution >= 4 is 0 Å². The summed E-state index contributed by atoms with van der Waals surface area (Å²) >= 11 is 0. The molecule has 2 heteroatoms. The maximum atomic E-state index is 4.02. The third-order valence-corrected chi connectivity index (χ3v) is 1.09. The molecule has 0 amide bonds. The predicted octanol–water partition coefficient (Wildman–Crippen LogP) is -0.570. The first-order valence-electron chi connectivity index (χ1n) is 3.12. The molecule has 0 spiro atoms. The minimum Gasteiger partial charge on any atom is -0.665 e. The van der Waals surface area contributed by atoms with Crippen LogP contribution in [0.5, 0.6) is 0 Å². The zero-order valence-electron chi connectivity index (χ0n) is 7.36. The van der Waals surface area contributed by atoms with Crippen molar-refractivity contribution in [3.8, 4) is 0 Å². The zero-order chi connectivity index (χ0) is 6.62. The maximum absolute atomic E-state index is 4.02. The Labute approximate surface area is 101 Å². The van der Waals surface area contributed by atoms with Crippen LogP contribution >= 0.6 is 0 Å². The molecule has 0 N–H and O–H groups in total. The largest absolute Gasteiger partial charge is 1.00 e. The molecular formula is C7H16KN. The molecule has 0 aliphatic carbocycles. The van der Waals surface area contributed by atoms with Crippen LogP contribution in [-0.2, 0) is 0 Å². The van der Waals surface area contributed by atoms with Crippen molar-refractivity contribution in [2.75, 3.05) is 13.6 Å². The number of rotatable bonds is 2. The van der Waals surface area contributed by atoms with Gasteiger partial charge >= 0.3 is 51.4 Å². The number of nitrogens with zero attached hydrogens (tertiary/aromatic N) is 1. The molecular weight excluding hydrogens is 137 g/mol. The molecule has 0 unspecified atom stereocenters. The fraction of sp³-hybridized carbons (Fsp3) is 1.00. The van der Waals surface area contributed by atoms with E-state index in [4.69, 9.17) is 0 Å². The first-order chi connectivity index (χ1) is 3.56. The molecule has 0 atom stereocenters. The van der Waals surface area contributed by atoms with Gasteiger partial charge < -0.3 is 5.32 Å². The van der Waals surface area contributed by atoms with Gasteiger partial charge in [-0.05, 0) is 5.41 Å². The van der Waals surface area contributed by atoms with Crippen LogP contribution in [0.15, 0.2) is 0 Å². The van der Waals surface area contributed by atoms with Crippen LogP contribution in [0.1, 0.15) is 27.2 Å². The van der Waals surface area contributed by atoms with Gasteiger partial charge in [-0.15, -0.1) is 6.54 Å². The molecule has 0 radical (unpaired) electrons. The van der Waals surface area contributed by atoms with E-state index in [0.29, 0.717) is 5.41 Å². The van der Waals surface area contributed by atoms with Gasteiger partial charge in [0.25, 0.3) is 0 Å². The Hall–Kier alpha value is 1.60. The van der Waals surface area contributed by atoms with Crippen molar-refractivity contribution in [3.05, 3.63) is 5.32 Å². The second-order valence-corrected chi connectivity index (χ2v) is 3.35.